The molecular formula is C16H19F2NO3S. The fraction of sp³-hybridized carbons (Fsp3) is 0.500. The lowest BCUT2D eigenvalue weighted by Gasteiger charge is -2.21. The Balaban J connectivity index is 1.75. The van der Waals surface area contributed by atoms with Crippen LogP contribution in [0.3, 0.4) is 0 Å². The molecule has 0 aromatic heterocycles. The van der Waals surface area contributed by atoms with E-state index in [0.29, 0.717) is 12.8 Å². The third-order valence-corrected chi connectivity index (χ3v) is 5.57. The van der Waals surface area contributed by atoms with Gasteiger partial charge < -0.3 is 4.74 Å². The minimum Gasteiger partial charge on any atom is -0.478 e. The van der Waals surface area contributed by atoms with Gasteiger partial charge in [0.25, 0.3) is 0 Å². The second kappa shape index (κ2) is 8.27. The summed E-state index contributed by atoms with van der Waals surface area (Å²) < 4.78 is 57.6. The molecule has 1 saturated carbocycles. The zero-order valence-corrected chi connectivity index (χ0v) is 13.5. The first-order valence-corrected chi connectivity index (χ1v) is 9.06. The summed E-state index contributed by atoms with van der Waals surface area (Å²) in [6, 6.07) is 2.99. The van der Waals surface area contributed by atoms with Gasteiger partial charge in [-0.25, -0.2) is 21.9 Å². The lowest BCUT2D eigenvalue weighted by Crippen LogP contribution is -2.35. The molecule has 0 saturated heterocycles. The van der Waals surface area contributed by atoms with E-state index in [0.717, 1.165) is 31.4 Å². The maximum absolute atomic E-state index is 13.3. The molecule has 4 nitrogen and oxygen atoms in total. The predicted octanol–water partition coefficient (Wildman–Crippen LogP) is 2.60. The minimum atomic E-state index is -3.33. The van der Waals surface area contributed by atoms with Gasteiger partial charge in [-0.3, -0.25) is 0 Å². The van der Waals surface area contributed by atoms with E-state index in [9.17, 15) is 17.2 Å². The molecule has 0 aliphatic heterocycles. The molecule has 0 bridgehead atoms. The Morgan fingerprint density at radius 1 is 1.17 bits per heavy atom. The number of hydrogen-bond acceptors (Lipinski definition) is 3. The second-order valence-corrected chi connectivity index (χ2v) is 7.39. The van der Waals surface area contributed by atoms with Gasteiger partial charge >= 0.3 is 0 Å². The van der Waals surface area contributed by atoms with Gasteiger partial charge in [0.05, 0.1) is 11.8 Å². The number of benzene rings is 1. The van der Waals surface area contributed by atoms with Crippen LogP contribution in [0, 0.1) is 23.5 Å². The molecule has 0 radical (unpaired) electrons. The van der Waals surface area contributed by atoms with Crippen molar-refractivity contribution in [3.05, 3.63) is 29.8 Å². The van der Waals surface area contributed by atoms with Crippen LogP contribution in [-0.2, 0) is 10.0 Å². The standard InChI is InChI=1S/C16H19F2NO3S/c17-13-8-9-16(15(18)12-13)22-11-5-4-10-19-23(20,21)14-6-2-1-3-7-14/h8-9,12,14,19H,1-3,6-7,10-11H2. The number of rotatable bonds is 5. The van der Waals surface area contributed by atoms with Gasteiger partial charge in [0.2, 0.25) is 10.0 Å². The summed E-state index contributed by atoms with van der Waals surface area (Å²) in [5, 5.41) is -0.331. The molecule has 0 spiro atoms. The summed E-state index contributed by atoms with van der Waals surface area (Å²) in [4.78, 5) is 0. The number of halogens is 2. The molecule has 0 unspecified atom stereocenters. The van der Waals surface area contributed by atoms with Crippen molar-refractivity contribution in [2.24, 2.45) is 0 Å². The van der Waals surface area contributed by atoms with Gasteiger partial charge in [0.1, 0.15) is 12.4 Å². The average molecular weight is 343 g/mol. The molecule has 1 aromatic rings. The van der Waals surface area contributed by atoms with Crippen molar-refractivity contribution in [2.45, 2.75) is 37.4 Å². The first-order valence-electron chi connectivity index (χ1n) is 7.51. The van der Waals surface area contributed by atoms with Crippen LogP contribution >= 0.6 is 0 Å². The van der Waals surface area contributed by atoms with Crippen LogP contribution < -0.4 is 9.46 Å². The third kappa shape index (κ3) is 5.48. The summed E-state index contributed by atoms with van der Waals surface area (Å²) in [5.74, 6) is 3.63. The van der Waals surface area contributed by atoms with Crippen LogP contribution in [-0.4, -0.2) is 26.8 Å². The van der Waals surface area contributed by atoms with Gasteiger partial charge in [-0.2, -0.15) is 0 Å². The van der Waals surface area contributed by atoms with Crippen LogP contribution in [0.15, 0.2) is 18.2 Å². The highest BCUT2D eigenvalue weighted by atomic mass is 32.2. The van der Waals surface area contributed by atoms with Gasteiger partial charge in [-0.05, 0) is 25.0 Å². The van der Waals surface area contributed by atoms with Gasteiger partial charge in [0, 0.05) is 6.07 Å². The molecular weight excluding hydrogens is 324 g/mol. The second-order valence-electron chi connectivity index (χ2n) is 5.34. The lowest BCUT2D eigenvalue weighted by molar-refractivity contribution is 0.346. The topological polar surface area (TPSA) is 55.4 Å². The maximum atomic E-state index is 13.3. The number of ether oxygens (including phenoxy) is 1. The summed E-state index contributed by atoms with van der Waals surface area (Å²) >= 11 is 0. The molecule has 2 rings (SSSR count). The van der Waals surface area contributed by atoms with E-state index in [2.05, 4.69) is 16.6 Å². The smallest absolute Gasteiger partial charge is 0.215 e. The Morgan fingerprint density at radius 3 is 2.61 bits per heavy atom. The van der Waals surface area contributed by atoms with E-state index in [-0.39, 0.29) is 24.2 Å². The fourth-order valence-corrected chi connectivity index (χ4v) is 3.91. The number of hydrogen-bond donors (Lipinski definition) is 1. The van der Waals surface area contributed by atoms with Crippen molar-refractivity contribution >= 4 is 10.0 Å². The monoisotopic (exact) mass is 343 g/mol. The van der Waals surface area contributed by atoms with E-state index in [4.69, 9.17) is 4.74 Å². The minimum absolute atomic E-state index is 0.00586. The molecule has 0 atom stereocenters. The van der Waals surface area contributed by atoms with E-state index in [1.165, 1.54) is 6.07 Å². The van der Waals surface area contributed by atoms with Crippen LogP contribution in [0.2, 0.25) is 0 Å². The highest BCUT2D eigenvalue weighted by Gasteiger charge is 2.26. The highest BCUT2D eigenvalue weighted by Crippen LogP contribution is 2.22. The molecule has 23 heavy (non-hydrogen) atoms. The molecule has 1 aliphatic rings. The zero-order chi connectivity index (χ0) is 16.7. The van der Waals surface area contributed by atoms with E-state index in [1.807, 2.05) is 0 Å². The molecule has 0 heterocycles. The number of nitrogens with one attached hydrogen (secondary N) is 1. The van der Waals surface area contributed by atoms with Crippen molar-refractivity contribution in [3.63, 3.8) is 0 Å². The van der Waals surface area contributed by atoms with Crippen molar-refractivity contribution in [3.8, 4) is 17.6 Å². The summed E-state index contributed by atoms with van der Waals surface area (Å²) in [6.07, 6.45) is 4.34. The van der Waals surface area contributed by atoms with E-state index < -0.39 is 21.7 Å². The van der Waals surface area contributed by atoms with Crippen LogP contribution in [0.25, 0.3) is 0 Å². The van der Waals surface area contributed by atoms with Crippen LogP contribution in [0.5, 0.6) is 5.75 Å². The fourth-order valence-electron chi connectivity index (χ4n) is 2.45. The Hall–Kier alpha value is -1.65. The van der Waals surface area contributed by atoms with Crippen molar-refractivity contribution in [2.75, 3.05) is 13.2 Å². The first kappa shape index (κ1) is 17.7. The quantitative estimate of drug-likeness (QED) is 0.836. The largest absolute Gasteiger partial charge is 0.478 e. The molecule has 126 valence electrons. The predicted molar refractivity (Wildman–Crippen MR) is 83.4 cm³/mol. The Kier molecular flexibility index (Phi) is 6.37. The zero-order valence-electron chi connectivity index (χ0n) is 12.6. The van der Waals surface area contributed by atoms with Crippen molar-refractivity contribution in [1.82, 2.24) is 4.72 Å². The summed E-state index contributed by atoms with van der Waals surface area (Å²) in [7, 11) is -3.33. The van der Waals surface area contributed by atoms with Crippen LogP contribution in [0.1, 0.15) is 32.1 Å². The molecule has 1 aromatic carbocycles. The van der Waals surface area contributed by atoms with Crippen molar-refractivity contribution < 1.29 is 21.9 Å². The molecule has 1 N–H and O–H groups in total. The Morgan fingerprint density at radius 2 is 1.91 bits per heavy atom. The average Bonchev–Trinajstić information content (AvgIpc) is 2.53. The third-order valence-electron chi connectivity index (χ3n) is 3.67. The Labute approximate surface area is 135 Å². The normalized spacial score (nSPS) is 15.7. The Bertz CT molecular complexity index is 689. The highest BCUT2D eigenvalue weighted by molar-refractivity contribution is 7.90. The number of sulfonamides is 1. The molecule has 0 amide bonds. The molecule has 7 heteroatoms. The summed E-state index contributed by atoms with van der Waals surface area (Å²) in [5.41, 5.74) is 0. The first-order chi connectivity index (χ1) is 11.0. The molecule has 1 fully saturated rings. The van der Waals surface area contributed by atoms with Gasteiger partial charge in [-0.15, -0.1) is 0 Å². The van der Waals surface area contributed by atoms with E-state index in [1.54, 1.807) is 0 Å². The lowest BCUT2D eigenvalue weighted by atomic mass is 10.0. The van der Waals surface area contributed by atoms with E-state index >= 15 is 0 Å². The molecule has 1 aliphatic carbocycles. The summed E-state index contributed by atoms with van der Waals surface area (Å²) in [6.45, 7) is -0.109. The van der Waals surface area contributed by atoms with Crippen LogP contribution in [0.4, 0.5) is 8.78 Å². The van der Waals surface area contributed by atoms with Crippen molar-refractivity contribution in [1.29, 1.82) is 0 Å². The van der Waals surface area contributed by atoms with Gasteiger partial charge in [-0.1, -0.05) is 31.1 Å². The SMILES string of the molecule is O=S(=O)(NCC#CCOc1ccc(F)cc1F)C1CCCCC1. The van der Waals surface area contributed by atoms with Gasteiger partial charge in [0.15, 0.2) is 11.6 Å². The maximum Gasteiger partial charge on any atom is 0.215 e.